The van der Waals surface area contributed by atoms with Gasteiger partial charge >= 0.3 is 5.97 Å². The van der Waals surface area contributed by atoms with Crippen molar-refractivity contribution in [3.05, 3.63) is 35.1 Å². The highest BCUT2D eigenvalue weighted by atomic mass is 19.1. The van der Waals surface area contributed by atoms with Gasteiger partial charge in [-0.3, -0.25) is 33.8 Å². The number of nitrogens with two attached hydrogens (primary N) is 1. The van der Waals surface area contributed by atoms with E-state index in [0.29, 0.717) is 4.90 Å². The van der Waals surface area contributed by atoms with Crippen molar-refractivity contribution in [3.8, 4) is 0 Å². The quantitative estimate of drug-likeness (QED) is 0.538. The molecule has 0 aromatic heterocycles. The summed E-state index contributed by atoms with van der Waals surface area (Å²) in [5, 5.41) is 0. The molecule has 27 heavy (non-hydrogen) atoms. The van der Waals surface area contributed by atoms with Gasteiger partial charge < -0.3 is 10.5 Å². The van der Waals surface area contributed by atoms with Crippen LogP contribution in [0.5, 0.6) is 0 Å². The van der Waals surface area contributed by atoms with Crippen LogP contribution >= 0.6 is 0 Å². The number of carbonyl (C=O) groups is 5. The number of halogens is 1. The SMILES string of the molecule is NCC(=O)OCCN1C(=O)CCC(N2C(=O)c3cccc(F)c3C2=O)C1=O. The van der Waals surface area contributed by atoms with E-state index in [9.17, 15) is 28.4 Å². The van der Waals surface area contributed by atoms with Gasteiger partial charge in [0.25, 0.3) is 17.7 Å². The van der Waals surface area contributed by atoms with Gasteiger partial charge in [-0.1, -0.05) is 6.07 Å². The molecule has 0 saturated carbocycles. The molecule has 3 rings (SSSR count). The number of imide groups is 2. The molecule has 0 radical (unpaired) electrons. The number of fused-ring (bicyclic) bond motifs is 1. The average Bonchev–Trinajstić information content (AvgIpc) is 2.90. The first-order valence-electron chi connectivity index (χ1n) is 8.23. The van der Waals surface area contributed by atoms with Gasteiger partial charge in [0.05, 0.1) is 24.2 Å². The van der Waals surface area contributed by atoms with Gasteiger partial charge in [0.1, 0.15) is 18.5 Å². The minimum absolute atomic E-state index is 0.0517. The number of benzene rings is 1. The van der Waals surface area contributed by atoms with E-state index in [0.717, 1.165) is 11.0 Å². The van der Waals surface area contributed by atoms with Crippen molar-refractivity contribution in [2.75, 3.05) is 19.7 Å². The van der Waals surface area contributed by atoms with Crippen molar-refractivity contribution < 1.29 is 33.1 Å². The first-order valence-corrected chi connectivity index (χ1v) is 8.23. The lowest BCUT2D eigenvalue weighted by molar-refractivity contribution is -0.155. The second-order valence-electron chi connectivity index (χ2n) is 6.01. The number of nitrogens with zero attached hydrogens (tertiary/aromatic N) is 2. The molecule has 2 heterocycles. The molecule has 2 aliphatic heterocycles. The van der Waals surface area contributed by atoms with E-state index in [1.165, 1.54) is 12.1 Å². The first-order chi connectivity index (χ1) is 12.9. The van der Waals surface area contributed by atoms with E-state index in [-0.39, 0.29) is 43.7 Å². The fourth-order valence-corrected chi connectivity index (χ4v) is 3.15. The molecule has 1 aromatic carbocycles. The van der Waals surface area contributed by atoms with Crippen LogP contribution in [0.25, 0.3) is 0 Å². The Morgan fingerprint density at radius 2 is 1.96 bits per heavy atom. The maximum atomic E-state index is 14.0. The van der Waals surface area contributed by atoms with E-state index in [1.807, 2.05) is 0 Å². The molecule has 1 atom stereocenters. The number of piperidine rings is 1. The number of rotatable bonds is 5. The van der Waals surface area contributed by atoms with Gasteiger partial charge in [-0.2, -0.15) is 0 Å². The number of likely N-dealkylation sites (tertiary alicyclic amines) is 1. The molecule has 1 saturated heterocycles. The van der Waals surface area contributed by atoms with Crippen molar-refractivity contribution in [2.45, 2.75) is 18.9 Å². The highest BCUT2D eigenvalue weighted by Crippen LogP contribution is 2.30. The number of ether oxygens (including phenoxy) is 1. The number of carbonyl (C=O) groups excluding carboxylic acids is 5. The summed E-state index contributed by atoms with van der Waals surface area (Å²) >= 11 is 0. The summed E-state index contributed by atoms with van der Waals surface area (Å²) < 4.78 is 18.7. The lowest BCUT2D eigenvalue weighted by Crippen LogP contribution is -2.56. The Kier molecular flexibility index (Phi) is 5.00. The molecule has 2 aliphatic rings. The van der Waals surface area contributed by atoms with Crippen molar-refractivity contribution >= 4 is 29.6 Å². The topological polar surface area (TPSA) is 127 Å². The maximum Gasteiger partial charge on any atom is 0.319 e. The van der Waals surface area contributed by atoms with Crippen LogP contribution in [-0.4, -0.2) is 65.1 Å². The van der Waals surface area contributed by atoms with Gasteiger partial charge in [-0.05, 0) is 18.6 Å². The monoisotopic (exact) mass is 377 g/mol. The normalized spacial score (nSPS) is 19.6. The Labute approximate surface area is 152 Å². The molecule has 0 spiro atoms. The van der Waals surface area contributed by atoms with E-state index < -0.39 is 41.5 Å². The average molecular weight is 377 g/mol. The summed E-state index contributed by atoms with van der Waals surface area (Å²) in [4.78, 5) is 62.4. The van der Waals surface area contributed by atoms with Crippen LogP contribution in [0, 0.1) is 5.82 Å². The van der Waals surface area contributed by atoms with E-state index in [4.69, 9.17) is 10.5 Å². The molecule has 1 unspecified atom stereocenters. The molecule has 0 bridgehead atoms. The van der Waals surface area contributed by atoms with Gasteiger partial charge in [0.2, 0.25) is 5.91 Å². The van der Waals surface area contributed by atoms with E-state index in [1.54, 1.807) is 0 Å². The van der Waals surface area contributed by atoms with Crippen LogP contribution < -0.4 is 5.73 Å². The highest BCUT2D eigenvalue weighted by Gasteiger charge is 2.47. The van der Waals surface area contributed by atoms with Crippen LogP contribution in [-0.2, 0) is 19.1 Å². The molecule has 1 fully saturated rings. The molecule has 2 N–H and O–H groups in total. The summed E-state index contributed by atoms with van der Waals surface area (Å²) in [6.45, 7) is -0.820. The van der Waals surface area contributed by atoms with Crippen LogP contribution in [0.1, 0.15) is 33.6 Å². The maximum absolute atomic E-state index is 14.0. The first kappa shape index (κ1) is 18.6. The number of amides is 4. The standard InChI is InChI=1S/C17H16FN3O6/c18-10-3-1-2-9-14(10)17(26)21(15(9)24)11-4-5-12(22)20(16(11)25)6-7-27-13(23)8-19/h1-3,11H,4-8,19H2. The Morgan fingerprint density at radius 3 is 2.63 bits per heavy atom. The number of hydrogen-bond acceptors (Lipinski definition) is 7. The fourth-order valence-electron chi connectivity index (χ4n) is 3.15. The molecule has 142 valence electrons. The van der Waals surface area contributed by atoms with Gasteiger partial charge in [0, 0.05) is 6.42 Å². The fraction of sp³-hybridized carbons (Fsp3) is 0.353. The second-order valence-corrected chi connectivity index (χ2v) is 6.01. The van der Waals surface area contributed by atoms with Crippen LogP contribution in [0.15, 0.2) is 18.2 Å². The summed E-state index contributed by atoms with van der Waals surface area (Å²) in [5.41, 5.74) is 4.60. The third-order valence-corrected chi connectivity index (χ3v) is 4.44. The summed E-state index contributed by atoms with van der Waals surface area (Å²) in [6, 6.07) is 2.44. The van der Waals surface area contributed by atoms with Gasteiger partial charge in [-0.25, -0.2) is 4.39 Å². The predicted molar refractivity (Wildman–Crippen MR) is 86.7 cm³/mol. The highest BCUT2D eigenvalue weighted by molar-refractivity contribution is 6.23. The zero-order valence-electron chi connectivity index (χ0n) is 14.1. The molecular weight excluding hydrogens is 361 g/mol. The minimum Gasteiger partial charge on any atom is -0.463 e. The molecular formula is C17H16FN3O6. The molecule has 1 aromatic rings. The molecule has 9 nitrogen and oxygen atoms in total. The van der Waals surface area contributed by atoms with Gasteiger partial charge in [0.15, 0.2) is 0 Å². The van der Waals surface area contributed by atoms with Crippen molar-refractivity contribution in [2.24, 2.45) is 5.73 Å². The van der Waals surface area contributed by atoms with Crippen molar-refractivity contribution in [1.82, 2.24) is 9.80 Å². The van der Waals surface area contributed by atoms with E-state index >= 15 is 0 Å². The van der Waals surface area contributed by atoms with Crippen LogP contribution in [0.2, 0.25) is 0 Å². The molecule has 4 amide bonds. The van der Waals surface area contributed by atoms with Crippen molar-refractivity contribution in [3.63, 3.8) is 0 Å². The van der Waals surface area contributed by atoms with Crippen LogP contribution in [0.4, 0.5) is 4.39 Å². The smallest absolute Gasteiger partial charge is 0.319 e. The third kappa shape index (κ3) is 3.19. The number of hydrogen-bond donors (Lipinski definition) is 1. The lowest BCUT2D eigenvalue weighted by Gasteiger charge is -2.34. The zero-order valence-corrected chi connectivity index (χ0v) is 14.1. The summed E-state index contributed by atoms with van der Waals surface area (Å²) in [6.07, 6.45) is -0.138. The minimum atomic E-state index is -1.22. The summed E-state index contributed by atoms with van der Waals surface area (Å²) in [5.74, 6) is -4.52. The largest absolute Gasteiger partial charge is 0.463 e. The Morgan fingerprint density at radius 1 is 1.22 bits per heavy atom. The second kappa shape index (κ2) is 7.23. The summed E-state index contributed by atoms with van der Waals surface area (Å²) in [7, 11) is 0. The molecule has 0 aliphatic carbocycles. The molecule has 10 heteroatoms. The van der Waals surface area contributed by atoms with Crippen LogP contribution in [0.3, 0.4) is 0 Å². The van der Waals surface area contributed by atoms with E-state index in [2.05, 4.69) is 0 Å². The Balaban J connectivity index is 1.79. The van der Waals surface area contributed by atoms with Crippen molar-refractivity contribution in [1.29, 1.82) is 0 Å². The zero-order chi connectivity index (χ0) is 19.7. The predicted octanol–water partition coefficient (Wildman–Crippen LogP) is -0.559. The van der Waals surface area contributed by atoms with Gasteiger partial charge in [-0.15, -0.1) is 0 Å². The number of esters is 1. The third-order valence-electron chi connectivity index (χ3n) is 4.44. The Bertz CT molecular complexity index is 855. The Hall–Kier alpha value is -3.14. The lowest BCUT2D eigenvalue weighted by atomic mass is 10.0.